The van der Waals surface area contributed by atoms with Crippen LogP contribution in [0.25, 0.3) is 0 Å². The van der Waals surface area contributed by atoms with Crippen molar-refractivity contribution in [2.75, 3.05) is 0 Å². The van der Waals surface area contributed by atoms with Crippen LogP contribution in [0.1, 0.15) is 203 Å². The first-order chi connectivity index (χ1) is 17.4. The summed E-state index contributed by atoms with van der Waals surface area (Å²) in [6.45, 7) is 17.0. The second-order valence-corrected chi connectivity index (χ2v) is 13.7. The van der Waals surface area contributed by atoms with Gasteiger partial charge in [0.25, 0.3) is 0 Å². The van der Waals surface area contributed by atoms with Gasteiger partial charge in [-0.2, -0.15) is 0 Å². The highest BCUT2D eigenvalue weighted by atomic mass is 14.1. The Labute approximate surface area is 232 Å². The topological polar surface area (TPSA) is 0 Å². The molecule has 0 spiro atoms. The van der Waals surface area contributed by atoms with Gasteiger partial charge in [0.05, 0.1) is 0 Å². The second kappa shape index (κ2) is 26.6. The van der Waals surface area contributed by atoms with Crippen LogP contribution in [0.3, 0.4) is 0 Å². The Kier molecular flexibility index (Phi) is 26.6. The molecule has 0 aliphatic carbocycles. The zero-order valence-corrected chi connectivity index (χ0v) is 26.9. The van der Waals surface area contributed by atoms with Crippen LogP contribution < -0.4 is 0 Å². The van der Waals surface area contributed by atoms with Crippen molar-refractivity contribution in [3.05, 3.63) is 0 Å². The maximum absolute atomic E-state index is 2.51. The molecule has 0 radical (unpaired) electrons. The van der Waals surface area contributed by atoms with Crippen LogP contribution in [-0.4, -0.2) is 0 Å². The molecular formula is C36H74. The SMILES string of the molecule is CCCCC(C)CCC(C)CCCCCCCCCC(C)CCCCCC(C)CCC(C)CCCC. The Hall–Kier alpha value is 0. The van der Waals surface area contributed by atoms with Crippen LogP contribution in [0, 0.1) is 29.6 Å². The highest BCUT2D eigenvalue weighted by molar-refractivity contribution is 4.62. The lowest BCUT2D eigenvalue weighted by Crippen LogP contribution is -2.01. The van der Waals surface area contributed by atoms with E-state index >= 15 is 0 Å². The van der Waals surface area contributed by atoms with Gasteiger partial charge in [-0.1, -0.05) is 203 Å². The van der Waals surface area contributed by atoms with E-state index in [1.54, 1.807) is 0 Å². The van der Waals surface area contributed by atoms with Crippen molar-refractivity contribution >= 4 is 0 Å². The number of hydrogen-bond donors (Lipinski definition) is 0. The van der Waals surface area contributed by atoms with Crippen LogP contribution in [0.5, 0.6) is 0 Å². The largest absolute Gasteiger partial charge is 0.0654 e. The molecule has 0 aromatic rings. The van der Waals surface area contributed by atoms with Gasteiger partial charge in [-0.25, -0.2) is 0 Å². The van der Waals surface area contributed by atoms with Gasteiger partial charge in [-0.3, -0.25) is 0 Å². The van der Waals surface area contributed by atoms with E-state index in [1.807, 2.05) is 0 Å². The van der Waals surface area contributed by atoms with Gasteiger partial charge in [-0.05, 0) is 29.6 Å². The summed E-state index contributed by atoms with van der Waals surface area (Å²) in [4.78, 5) is 0. The molecule has 0 bridgehead atoms. The molecule has 0 saturated carbocycles. The molecule has 36 heavy (non-hydrogen) atoms. The average molecular weight is 507 g/mol. The van der Waals surface area contributed by atoms with E-state index in [0.717, 1.165) is 29.6 Å². The van der Waals surface area contributed by atoms with Crippen molar-refractivity contribution in [3.8, 4) is 0 Å². The fraction of sp³-hybridized carbons (Fsp3) is 1.00. The van der Waals surface area contributed by atoms with Crippen molar-refractivity contribution in [3.63, 3.8) is 0 Å². The van der Waals surface area contributed by atoms with Crippen molar-refractivity contribution in [2.45, 2.75) is 203 Å². The highest BCUT2D eigenvalue weighted by Crippen LogP contribution is 2.24. The fourth-order valence-corrected chi connectivity index (χ4v) is 6.00. The monoisotopic (exact) mass is 507 g/mol. The number of hydrogen-bond acceptors (Lipinski definition) is 0. The first-order valence-electron chi connectivity index (χ1n) is 17.4. The zero-order valence-electron chi connectivity index (χ0n) is 26.9. The van der Waals surface area contributed by atoms with Crippen LogP contribution in [-0.2, 0) is 0 Å². The third kappa shape index (κ3) is 25.6. The first kappa shape index (κ1) is 36.0. The molecule has 5 unspecified atom stereocenters. The molecule has 0 fully saturated rings. The van der Waals surface area contributed by atoms with Crippen molar-refractivity contribution in [1.82, 2.24) is 0 Å². The smallest absolute Gasteiger partial charge is 0.0443 e. The van der Waals surface area contributed by atoms with E-state index in [4.69, 9.17) is 0 Å². The molecule has 5 atom stereocenters. The Morgan fingerprint density at radius 3 is 0.722 bits per heavy atom. The molecule has 0 aliphatic rings. The van der Waals surface area contributed by atoms with E-state index in [-0.39, 0.29) is 0 Å². The molecule has 0 aromatic heterocycles. The molecule has 0 aromatic carbocycles. The molecule has 0 heteroatoms. The van der Waals surface area contributed by atoms with Crippen LogP contribution in [0.4, 0.5) is 0 Å². The van der Waals surface area contributed by atoms with Gasteiger partial charge in [0, 0.05) is 0 Å². The summed E-state index contributed by atoms with van der Waals surface area (Å²) < 4.78 is 0. The summed E-state index contributed by atoms with van der Waals surface area (Å²) in [5.41, 5.74) is 0. The van der Waals surface area contributed by atoms with E-state index in [0.29, 0.717) is 0 Å². The standard InChI is InChI=1S/C36H74/c1-8-10-22-33(4)28-30-35(6)26-19-16-14-12-13-15-18-24-32(3)25-20-17-21-27-36(7)31-29-34(5)23-11-9-2/h32-36H,8-31H2,1-7H3. The molecule has 0 heterocycles. The van der Waals surface area contributed by atoms with Gasteiger partial charge >= 0.3 is 0 Å². The lowest BCUT2D eigenvalue weighted by atomic mass is 9.91. The fourth-order valence-electron chi connectivity index (χ4n) is 6.00. The first-order valence-corrected chi connectivity index (χ1v) is 17.4. The van der Waals surface area contributed by atoms with Crippen molar-refractivity contribution < 1.29 is 0 Å². The second-order valence-electron chi connectivity index (χ2n) is 13.7. The molecule has 0 amide bonds. The van der Waals surface area contributed by atoms with E-state index in [9.17, 15) is 0 Å². The molecule has 0 N–H and O–H groups in total. The minimum atomic E-state index is 0.944. The maximum Gasteiger partial charge on any atom is -0.0443 e. The summed E-state index contributed by atoms with van der Waals surface area (Å²) >= 11 is 0. The van der Waals surface area contributed by atoms with Crippen LogP contribution in [0.15, 0.2) is 0 Å². The predicted octanol–water partition coefficient (Wildman–Crippen LogP) is 13.6. The van der Waals surface area contributed by atoms with Gasteiger partial charge in [-0.15, -0.1) is 0 Å². The predicted molar refractivity (Wildman–Crippen MR) is 168 cm³/mol. The van der Waals surface area contributed by atoms with Gasteiger partial charge in [0.1, 0.15) is 0 Å². The molecule has 0 rings (SSSR count). The van der Waals surface area contributed by atoms with Gasteiger partial charge in [0.2, 0.25) is 0 Å². The summed E-state index contributed by atoms with van der Waals surface area (Å²) in [7, 11) is 0. The van der Waals surface area contributed by atoms with Crippen LogP contribution in [0.2, 0.25) is 0 Å². The average Bonchev–Trinajstić information content (AvgIpc) is 2.86. The van der Waals surface area contributed by atoms with Gasteiger partial charge < -0.3 is 0 Å². The third-order valence-corrected chi connectivity index (χ3v) is 9.19. The third-order valence-electron chi connectivity index (χ3n) is 9.19. The summed E-state index contributed by atoms with van der Waals surface area (Å²) in [6.07, 6.45) is 34.9. The summed E-state index contributed by atoms with van der Waals surface area (Å²) in [5.74, 6) is 4.73. The normalized spacial score (nSPS) is 16.1. The quantitative estimate of drug-likeness (QED) is 0.0925. The van der Waals surface area contributed by atoms with Crippen molar-refractivity contribution in [2.24, 2.45) is 29.6 Å². The Morgan fingerprint density at radius 2 is 0.444 bits per heavy atom. The molecule has 0 aliphatic heterocycles. The maximum atomic E-state index is 2.51. The van der Waals surface area contributed by atoms with Crippen LogP contribution >= 0.6 is 0 Å². The molecule has 0 saturated heterocycles. The minimum absolute atomic E-state index is 0.944. The van der Waals surface area contributed by atoms with Crippen molar-refractivity contribution in [1.29, 1.82) is 0 Å². The number of rotatable bonds is 28. The minimum Gasteiger partial charge on any atom is -0.0654 e. The molecular weight excluding hydrogens is 432 g/mol. The lowest BCUT2D eigenvalue weighted by molar-refractivity contribution is 0.375. The summed E-state index contributed by atoms with van der Waals surface area (Å²) in [6, 6.07) is 0. The number of unbranched alkanes of at least 4 members (excludes halogenated alkanes) is 10. The Balaban J connectivity index is 3.42. The molecule has 0 nitrogen and oxygen atoms in total. The zero-order chi connectivity index (χ0) is 26.9. The van der Waals surface area contributed by atoms with E-state index < -0.39 is 0 Å². The lowest BCUT2D eigenvalue weighted by Gasteiger charge is -2.16. The Bertz CT molecular complexity index is 412. The Morgan fingerprint density at radius 1 is 0.250 bits per heavy atom. The van der Waals surface area contributed by atoms with Gasteiger partial charge in [0.15, 0.2) is 0 Å². The van der Waals surface area contributed by atoms with E-state index in [1.165, 1.54) is 154 Å². The molecule has 218 valence electrons. The summed E-state index contributed by atoms with van der Waals surface area (Å²) in [5, 5.41) is 0. The highest BCUT2D eigenvalue weighted by Gasteiger charge is 2.08. The van der Waals surface area contributed by atoms with E-state index in [2.05, 4.69) is 48.5 Å².